The van der Waals surface area contributed by atoms with Gasteiger partial charge in [0.05, 0.1) is 44.1 Å². The number of carbonyl (C=O) groups excluding carboxylic acids is 2. The van der Waals surface area contributed by atoms with Gasteiger partial charge < -0.3 is 44.1 Å². The molecule has 12 nitrogen and oxygen atoms in total. The summed E-state index contributed by atoms with van der Waals surface area (Å²) in [6.07, 6.45) is 0.145. The molecule has 12 heteroatoms. The number of carbonyl (C=O) groups is 2. The summed E-state index contributed by atoms with van der Waals surface area (Å²) in [7, 11) is 2.47. The molecular formula is C24H29NO11. The van der Waals surface area contributed by atoms with Crippen LogP contribution in [0.15, 0.2) is 49.0 Å². The number of pyridine rings is 1. The van der Waals surface area contributed by atoms with E-state index in [0.29, 0.717) is 5.56 Å². The molecule has 0 aliphatic carbocycles. The minimum Gasteiger partial charge on any atom is -0.471 e. The van der Waals surface area contributed by atoms with Gasteiger partial charge in [-0.3, -0.25) is 4.98 Å². The Bertz CT molecular complexity index is 1010. The summed E-state index contributed by atoms with van der Waals surface area (Å²) in [6, 6.07) is 1.56. The van der Waals surface area contributed by atoms with E-state index in [1.807, 2.05) is 0 Å². The van der Waals surface area contributed by atoms with Gasteiger partial charge in [0.15, 0.2) is 6.29 Å². The molecule has 0 amide bonds. The van der Waals surface area contributed by atoms with Gasteiger partial charge in [0, 0.05) is 18.3 Å². The van der Waals surface area contributed by atoms with Crippen molar-refractivity contribution in [3.05, 3.63) is 60.2 Å². The summed E-state index contributed by atoms with van der Waals surface area (Å²) in [5, 5.41) is 39.8. The first-order valence-corrected chi connectivity index (χ1v) is 11.0. The number of aliphatic hydroxyl groups excluding tert-OH is 4. The van der Waals surface area contributed by atoms with Crippen LogP contribution in [0.3, 0.4) is 0 Å². The van der Waals surface area contributed by atoms with Crippen LogP contribution in [0, 0.1) is 11.8 Å². The number of esters is 2. The predicted octanol–water partition coefficient (Wildman–Crippen LogP) is -0.470. The minimum absolute atomic E-state index is 0.143. The zero-order valence-electron chi connectivity index (χ0n) is 19.7. The maximum Gasteiger partial charge on any atom is 0.339 e. The molecule has 0 spiro atoms. The number of methoxy groups -OCH3 is 2. The van der Waals surface area contributed by atoms with E-state index in [1.165, 1.54) is 32.7 Å². The Hall–Kier alpha value is -3.13. The summed E-state index contributed by atoms with van der Waals surface area (Å²) >= 11 is 0. The lowest BCUT2D eigenvalue weighted by Gasteiger charge is -2.42. The van der Waals surface area contributed by atoms with Crippen LogP contribution in [0.4, 0.5) is 0 Å². The van der Waals surface area contributed by atoms with Gasteiger partial charge in [0.25, 0.3) is 0 Å². The molecule has 36 heavy (non-hydrogen) atoms. The first kappa shape index (κ1) is 27.5. The van der Waals surface area contributed by atoms with Gasteiger partial charge >= 0.3 is 11.9 Å². The van der Waals surface area contributed by atoms with Crippen molar-refractivity contribution in [1.82, 2.24) is 4.98 Å². The number of rotatable bonds is 8. The van der Waals surface area contributed by atoms with E-state index in [2.05, 4.69) is 11.6 Å². The fourth-order valence-corrected chi connectivity index (χ4v) is 3.91. The fourth-order valence-electron chi connectivity index (χ4n) is 3.91. The van der Waals surface area contributed by atoms with Crippen LogP contribution < -0.4 is 0 Å². The third kappa shape index (κ3) is 5.81. The Balaban J connectivity index is 1.88. The molecule has 1 aromatic heterocycles. The molecule has 0 aromatic carbocycles. The van der Waals surface area contributed by atoms with Crippen molar-refractivity contribution in [3.63, 3.8) is 0 Å². The molecule has 8 atom stereocenters. The molecule has 1 saturated heterocycles. The molecule has 196 valence electrons. The van der Waals surface area contributed by atoms with Crippen molar-refractivity contribution < 1.29 is 53.7 Å². The van der Waals surface area contributed by atoms with Crippen LogP contribution >= 0.6 is 0 Å². The summed E-state index contributed by atoms with van der Waals surface area (Å²) in [6.45, 7) is 3.17. The fraction of sp³-hybridized carbons (Fsp3) is 0.458. The van der Waals surface area contributed by atoms with E-state index in [-0.39, 0.29) is 11.1 Å². The molecule has 1 fully saturated rings. The highest BCUT2D eigenvalue weighted by atomic mass is 16.8. The molecular weight excluding hydrogens is 478 g/mol. The van der Waals surface area contributed by atoms with Gasteiger partial charge in [-0.2, -0.15) is 0 Å². The summed E-state index contributed by atoms with van der Waals surface area (Å²) in [5.41, 5.74) is 0.923. The SMILES string of the molecule is C=C[C@H]1[C@H](O[C@@H]2O[C@H](CO)[C@@H](O)[C@H](O)[C@H]2O)OC=C(C(=O)OC)[C@H]1C=Cc1cncc(C(=O)OC)c1. The van der Waals surface area contributed by atoms with Gasteiger partial charge in [-0.25, -0.2) is 9.59 Å². The topological polar surface area (TPSA) is 174 Å². The highest BCUT2D eigenvalue weighted by Gasteiger charge is 2.47. The third-order valence-corrected chi connectivity index (χ3v) is 5.90. The van der Waals surface area contributed by atoms with Gasteiger partial charge in [0.1, 0.15) is 24.4 Å². The van der Waals surface area contributed by atoms with Gasteiger partial charge in [-0.05, 0) is 11.6 Å². The number of aliphatic hydroxyl groups is 4. The Morgan fingerprint density at radius 1 is 1.08 bits per heavy atom. The van der Waals surface area contributed by atoms with E-state index in [9.17, 15) is 30.0 Å². The minimum atomic E-state index is -1.65. The second kappa shape index (κ2) is 12.2. The zero-order valence-corrected chi connectivity index (χ0v) is 19.7. The largest absolute Gasteiger partial charge is 0.471 e. The van der Waals surface area contributed by atoms with Crippen LogP contribution in [0.5, 0.6) is 0 Å². The number of hydrogen-bond donors (Lipinski definition) is 4. The van der Waals surface area contributed by atoms with E-state index in [0.717, 1.165) is 6.26 Å². The maximum atomic E-state index is 12.4. The Morgan fingerprint density at radius 2 is 1.81 bits per heavy atom. The molecule has 0 radical (unpaired) electrons. The Labute approximate surface area is 207 Å². The molecule has 3 rings (SSSR count). The van der Waals surface area contributed by atoms with E-state index in [1.54, 1.807) is 18.2 Å². The Morgan fingerprint density at radius 3 is 2.44 bits per heavy atom. The maximum absolute atomic E-state index is 12.4. The van der Waals surface area contributed by atoms with Crippen LogP contribution in [-0.4, -0.2) is 95.2 Å². The number of hydrogen-bond acceptors (Lipinski definition) is 12. The molecule has 4 N–H and O–H groups in total. The second-order valence-corrected chi connectivity index (χ2v) is 8.10. The average molecular weight is 507 g/mol. The van der Waals surface area contributed by atoms with Crippen molar-refractivity contribution in [2.75, 3.05) is 20.8 Å². The highest BCUT2D eigenvalue weighted by Crippen LogP contribution is 2.36. The number of allylic oxidation sites excluding steroid dienone is 1. The number of ether oxygens (including phenoxy) is 5. The summed E-state index contributed by atoms with van der Waals surface area (Å²) < 4.78 is 26.3. The third-order valence-electron chi connectivity index (χ3n) is 5.90. The normalized spacial score (nSPS) is 32.3. The van der Waals surface area contributed by atoms with E-state index >= 15 is 0 Å². The molecule has 0 saturated carbocycles. The van der Waals surface area contributed by atoms with Crippen LogP contribution in [0.25, 0.3) is 6.08 Å². The average Bonchev–Trinajstić information content (AvgIpc) is 2.91. The summed E-state index contributed by atoms with van der Waals surface area (Å²) in [5.74, 6) is -2.63. The molecule has 2 aliphatic rings. The van der Waals surface area contributed by atoms with Crippen molar-refractivity contribution in [2.24, 2.45) is 11.8 Å². The smallest absolute Gasteiger partial charge is 0.339 e. The number of nitrogens with zero attached hydrogens (tertiary/aromatic N) is 1. The van der Waals surface area contributed by atoms with Crippen LogP contribution in [-0.2, 0) is 28.5 Å². The summed E-state index contributed by atoms with van der Waals surface area (Å²) in [4.78, 5) is 28.3. The first-order chi connectivity index (χ1) is 17.2. The lowest BCUT2D eigenvalue weighted by atomic mass is 9.83. The van der Waals surface area contributed by atoms with Crippen LogP contribution in [0.1, 0.15) is 15.9 Å². The molecule has 1 aromatic rings. The van der Waals surface area contributed by atoms with Crippen LogP contribution in [0.2, 0.25) is 0 Å². The quantitative estimate of drug-likeness (QED) is 0.263. The first-order valence-electron chi connectivity index (χ1n) is 11.0. The van der Waals surface area contributed by atoms with E-state index in [4.69, 9.17) is 23.7 Å². The molecule has 0 bridgehead atoms. The monoisotopic (exact) mass is 507 g/mol. The molecule has 3 heterocycles. The predicted molar refractivity (Wildman–Crippen MR) is 122 cm³/mol. The highest BCUT2D eigenvalue weighted by molar-refractivity contribution is 5.90. The van der Waals surface area contributed by atoms with Crippen molar-refractivity contribution >= 4 is 18.0 Å². The number of aromatic nitrogens is 1. The van der Waals surface area contributed by atoms with Gasteiger partial charge in [-0.15, -0.1) is 6.58 Å². The Kier molecular flexibility index (Phi) is 9.31. The standard InChI is InChI=1S/C24H29NO11/c1-4-14-15(6-5-12-7-13(9-25-8-12)21(30)32-2)16(22(31)33-3)11-34-23(14)36-24-20(29)19(28)18(27)17(10-26)35-24/h4-9,11,14-15,17-20,23-24,26-29H,1,10H2,2-3H3/t14-,15+,17-,18-,19+,20-,23+,24+/m1/s1. The van der Waals surface area contributed by atoms with E-state index < -0.39 is 67.4 Å². The molecule has 0 unspecified atom stereocenters. The van der Waals surface area contributed by atoms with Gasteiger partial charge in [0.2, 0.25) is 6.29 Å². The zero-order chi connectivity index (χ0) is 26.4. The van der Waals surface area contributed by atoms with Crippen molar-refractivity contribution in [3.8, 4) is 0 Å². The lowest BCUT2D eigenvalue weighted by Crippen LogP contribution is -2.60. The van der Waals surface area contributed by atoms with Gasteiger partial charge in [-0.1, -0.05) is 18.2 Å². The van der Waals surface area contributed by atoms with Crippen molar-refractivity contribution in [2.45, 2.75) is 37.0 Å². The molecule has 2 aliphatic heterocycles. The lowest BCUT2D eigenvalue weighted by molar-refractivity contribution is -0.338. The van der Waals surface area contributed by atoms with Crippen molar-refractivity contribution in [1.29, 1.82) is 0 Å². The second-order valence-electron chi connectivity index (χ2n) is 8.10.